The second-order valence-corrected chi connectivity index (χ2v) is 6.65. The quantitative estimate of drug-likeness (QED) is 0.528. The first kappa shape index (κ1) is 14.8. The number of hydrogen-bond acceptors (Lipinski definition) is 3. The Labute approximate surface area is 130 Å². The maximum atomic E-state index is 12.3. The molecule has 3 unspecified atom stereocenters. The molecule has 3 rings (SSSR count). The summed E-state index contributed by atoms with van der Waals surface area (Å²) in [5.74, 6) is 1.14. The molecule has 1 amide bonds. The zero-order valence-electron chi connectivity index (χ0n) is 13.0. The molecule has 0 heterocycles. The van der Waals surface area contributed by atoms with Crippen LogP contribution in [0.4, 0.5) is 0 Å². The number of allylic oxidation sites excluding steroid dienone is 2. The van der Waals surface area contributed by atoms with Crippen molar-refractivity contribution in [1.82, 2.24) is 5.32 Å². The van der Waals surface area contributed by atoms with Gasteiger partial charge in [-0.15, -0.1) is 0 Å². The standard InChI is InChI=1S/C18H21NO3/c1-12(20)22-16-5-3-4-14(9-16)17(21)19-11-18(2)10-13-6-7-15(18)8-13/h3-7,9,13,15H,8,10-11H2,1-2H3,(H,19,21). The predicted octanol–water partition coefficient (Wildman–Crippen LogP) is 2.94. The van der Waals surface area contributed by atoms with Gasteiger partial charge in [0.15, 0.2) is 0 Å². The Kier molecular flexibility index (Phi) is 3.77. The van der Waals surface area contributed by atoms with E-state index in [2.05, 4.69) is 24.4 Å². The number of esters is 1. The van der Waals surface area contributed by atoms with Crippen molar-refractivity contribution in [3.63, 3.8) is 0 Å². The van der Waals surface area contributed by atoms with E-state index in [0.29, 0.717) is 29.7 Å². The van der Waals surface area contributed by atoms with E-state index in [1.54, 1.807) is 24.3 Å². The van der Waals surface area contributed by atoms with Gasteiger partial charge in [0.05, 0.1) is 0 Å². The average Bonchev–Trinajstić information content (AvgIpc) is 3.05. The normalized spacial score (nSPS) is 28.6. The minimum Gasteiger partial charge on any atom is -0.427 e. The molecule has 0 aromatic heterocycles. The number of fused-ring (bicyclic) bond motifs is 2. The number of hydrogen-bond donors (Lipinski definition) is 1. The van der Waals surface area contributed by atoms with Crippen molar-refractivity contribution >= 4 is 11.9 Å². The number of nitrogens with one attached hydrogen (secondary N) is 1. The van der Waals surface area contributed by atoms with Crippen LogP contribution in [0.3, 0.4) is 0 Å². The summed E-state index contributed by atoms with van der Waals surface area (Å²) in [6, 6.07) is 6.71. The number of carbonyl (C=O) groups excluding carboxylic acids is 2. The molecule has 22 heavy (non-hydrogen) atoms. The van der Waals surface area contributed by atoms with E-state index in [-0.39, 0.29) is 17.3 Å². The number of amides is 1. The lowest BCUT2D eigenvalue weighted by Gasteiger charge is -2.31. The first-order valence-electron chi connectivity index (χ1n) is 7.71. The van der Waals surface area contributed by atoms with Crippen molar-refractivity contribution in [3.8, 4) is 5.75 Å². The van der Waals surface area contributed by atoms with Crippen LogP contribution in [0.2, 0.25) is 0 Å². The van der Waals surface area contributed by atoms with Gasteiger partial charge in [-0.1, -0.05) is 25.1 Å². The van der Waals surface area contributed by atoms with Gasteiger partial charge >= 0.3 is 5.97 Å². The van der Waals surface area contributed by atoms with Crippen molar-refractivity contribution in [2.75, 3.05) is 6.54 Å². The number of rotatable bonds is 4. The van der Waals surface area contributed by atoms with Crippen LogP contribution in [0.15, 0.2) is 36.4 Å². The van der Waals surface area contributed by atoms with E-state index in [4.69, 9.17) is 4.74 Å². The molecule has 1 aromatic rings. The highest BCUT2D eigenvalue weighted by Gasteiger charge is 2.44. The SMILES string of the molecule is CC(=O)Oc1cccc(C(=O)NCC2(C)CC3C=CC2C3)c1. The summed E-state index contributed by atoms with van der Waals surface area (Å²) < 4.78 is 5.01. The molecule has 2 bridgehead atoms. The first-order valence-corrected chi connectivity index (χ1v) is 7.71. The smallest absolute Gasteiger partial charge is 0.308 e. The molecule has 1 saturated carbocycles. The second-order valence-electron chi connectivity index (χ2n) is 6.65. The molecule has 2 aliphatic carbocycles. The molecule has 2 aliphatic rings. The summed E-state index contributed by atoms with van der Waals surface area (Å²) in [6.07, 6.45) is 6.95. The van der Waals surface area contributed by atoms with Crippen LogP contribution in [0.25, 0.3) is 0 Å². The topological polar surface area (TPSA) is 55.4 Å². The highest BCUT2D eigenvalue weighted by Crippen LogP contribution is 2.51. The van der Waals surface area contributed by atoms with Gasteiger partial charge in [0, 0.05) is 19.0 Å². The minimum atomic E-state index is -0.390. The van der Waals surface area contributed by atoms with Crippen molar-refractivity contribution in [2.24, 2.45) is 17.3 Å². The average molecular weight is 299 g/mol. The summed E-state index contributed by atoms with van der Waals surface area (Å²) >= 11 is 0. The zero-order chi connectivity index (χ0) is 15.7. The Morgan fingerprint density at radius 3 is 2.82 bits per heavy atom. The lowest BCUT2D eigenvalue weighted by Crippen LogP contribution is -2.38. The number of benzene rings is 1. The summed E-state index contributed by atoms with van der Waals surface area (Å²) in [5, 5.41) is 3.03. The van der Waals surface area contributed by atoms with Gasteiger partial charge in [0.2, 0.25) is 0 Å². The van der Waals surface area contributed by atoms with E-state index in [1.165, 1.54) is 13.3 Å². The summed E-state index contributed by atoms with van der Waals surface area (Å²) in [4.78, 5) is 23.3. The van der Waals surface area contributed by atoms with Gasteiger partial charge in [0.25, 0.3) is 5.91 Å². The van der Waals surface area contributed by atoms with E-state index >= 15 is 0 Å². The minimum absolute atomic E-state index is 0.123. The molecule has 0 radical (unpaired) electrons. The molecule has 3 atom stereocenters. The third-order valence-electron chi connectivity index (χ3n) is 4.81. The molecule has 1 aromatic carbocycles. The van der Waals surface area contributed by atoms with Crippen LogP contribution < -0.4 is 10.1 Å². The Morgan fingerprint density at radius 2 is 2.18 bits per heavy atom. The predicted molar refractivity (Wildman–Crippen MR) is 83.5 cm³/mol. The molecule has 4 nitrogen and oxygen atoms in total. The maximum absolute atomic E-state index is 12.3. The highest BCUT2D eigenvalue weighted by molar-refractivity contribution is 5.94. The van der Waals surface area contributed by atoms with Gasteiger partial charge in [-0.3, -0.25) is 9.59 Å². The molecule has 1 N–H and O–H groups in total. The van der Waals surface area contributed by atoms with Crippen LogP contribution in [0.5, 0.6) is 5.75 Å². The largest absolute Gasteiger partial charge is 0.427 e. The van der Waals surface area contributed by atoms with Crippen LogP contribution in [0, 0.1) is 17.3 Å². The summed E-state index contributed by atoms with van der Waals surface area (Å²) in [7, 11) is 0. The Balaban J connectivity index is 1.63. The van der Waals surface area contributed by atoms with Crippen LogP contribution >= 0.6 is 0 Å². The van der Waals surface area contributed by atoms with Crippen LogP contribution in [-0.4, -0.2) is 18.4 Å². The fraction of sp³-hybridized carbons (Fsp3) is 0.444. The van der Waals surface area contributed by atoms with Gasteiger partial charge < -0.3 is 10.1 Å². The molecule has 116 valence electrons. The molecular formula is C18H21NO3. The van der Waals surface area contributed by atoms with E-state index < -0.39 is 0 Å². The molecular weight excluding hydrogens is 278 g/mol. The molecule has 0 spiro atoms. The van der Waals surface area contributed by atoms with Crippen molar-refractivity contribution in [2.45, 2.75) is 26.7 Å². The van der Waals surface area contributed by atoms with E-state index in [1.807, 2.05) is 0 Å². The fourth-order valence-electron chi connectivity index (χ4n) is 3.65. The third kappa shape index (κ3) is 2.91. The monoisotopic (exact) mass is 299 g/mol. The second kappa shape index (κ2) is 5.59. The molecule has 1 fully saturated rings. The van der Waals surface area contributed by atoms with Gasteiger partial charge in [0.1, 0.15) is 5.75 Å². The summed E-state index contributed by atoms with van der Waals surface area (Å²) in [5.41, 5.74) is 0.670. The highest BCUT2D eigenvalue weighted by atomic mass is 16.5. The Bertz CT molecular complexity index is 637. The van der Waals surface area contributed by atoms with Gasteiger partial charge in [-0.2, -0.15) is 0 Å². The van der Waals surface area contributed by atoms with Crippen LogP contribution in [-0.2, 0) is 4.79 Å². The number of carbonyl (C=O) groups is 2. The first-order chi connectivity index (χ1) is 10.5. The lowest BCUT2D eigenvalue weighted by atomic mass is 9.77. The zero-order valence-corrected chi connectivity index (χ0v) is 13.0. The van der Waals surface area contributed by atoms with E-state index in [0.717, 1.165) is 6.42 Å². The maximum Gasteiger partial charge on any atom is 0.308 e. The molecule has 4 heteroatoms. The lowest BCUT2D eigenvalue weighted by molar-refractivity contribution is -0.131. The molecule has 0 aliphatic heterocycles. The van der Waals surface area contributed by atoms with Crippen LogP contribution in [0.1, 0.15) is 37.0 Å². The van der Waals surface area contributed by atoms with Crippen molar-refractivity contribution < 1.29 is 14.3 Å². The van der Waals surface area contributed by atoms with E-state index in [9.17, 15) is 9.59 Å². The Hall–Kier alpha value is -2.10. The van der Waals surface area contributed by atoms with Crippen molar-refractivity contribution in [3.05, 3.63) is 42.0 Å². The Morgan fingerprint density at radius 1 is 1.36 bits per heavy atom. The van der Waals surface area contributed by atoms with Gasteiger partial charge in [-0.05, 0) is 48.3 Å². The van der Waals surface area contributed by atoms with Gasteiger partial charge in [-0.25, -0.2) is 0 Å². The summed E-state index contributed by atoms with van der Waals surface area (Å²) in [6.45, 7) is 4.27. The number of ether oxygens (including phenoxy) is 1. The third-order valence-corrected chi connectivity index (χ3v) is 4.81. The molecule has 0 saturated heterocycles. The van der Waals surface area contributed by atoms with Crippen molar-refractivity contribution in [1.29, 1.82) is 0 Å². The fourth-order valence-corrected chi connectivity index (χ4v) is 3.65.